The first-order valence-corrected chi connectivity index (χ1v) is 7.65. The largest absolute Gasteiger partial charge is 0.411 e. The second kappa shape index (κ2) is 13.9. The number of hydrogen-bond donors (Lipinski definition) is 0. The van der Waals surface area contributed by atoms with Gasteiger partial charge in [-0.3, -0.25) is 0 Å². The molecule has 0 aromatic carbocycles. The zero-order valence-corrected chi connectivity index (χ0v) is 12.9. The maximum atomic E-state index is 11.8. The molecule has 21 heavy (non-hydrogen) atoms. The summed E-state index contributed by atoms with van der Waals surface area (Å²) >= 11 is 0. The molecule has 0 aromatic heterocycles. The highest BCUT2D eigenvalue weighted by Crippen LogP contribution is 2.14. The lowest BCUT2D eigenvalue weighted by Gasteiger charge is -2.04. The Morgan fingerprint density at radius 2 is 1.24 bits per heavy atom. The van der Waals surface area contributed by atoms with Crippen LogP contribution in [-0.4, -0.2) is 19.4 Å². The molecule has 0 atom stereocenters. The predicted octanol–water partition coefficient (Wildman–Crippen LogP) is 5.98. The van der Waals surface area contributed by atoms with E-state index in [9.17, 15) is 13.2 Å². The number of alkyl halides is 3. The highest BCUT2D eigenvalue weighted by molar-refractivity contribution is 4.90. The average Bonchev–Trinajstić information content (AvgIpc) is 2.42. The van der Waals surface area contributed by atoms with E-state index in [0.717, 1.165) is 25.7 Å². The Labute approximate surface area is 126 Å². The Morgan fingerprint density at radius 1 is 0.762 bits per heavy atom. The summed E-state index contributed by atoms with van der Waals surface area (Å²) in [5, 5.41) is 0. The molecule has 122 valence electrons. The molecule has 0 aromatic rings. The quantitative estimate of drug-likeness (QED) is 0.318. The number of hydrogen-bond acceptors (Lipinski definition) is 1. The van der Waals surface area contributed by atoms with Crippen LogP contribution in [0, 0.1) is 0 Å². The minimum absolute atomic E-state index is 0.0196. The first-order valence-electron chi connectivity index (χ1n) is 7.65. The first kappa shape index (κ1) is 20.0. The fourth-order valence-electron chi connectivity index (χ4n) is 1.61. The molecule has 0 aliphatic heterocycles. The molecule has 0 saturated heterocycles. The molecular formula is C17H27F3O. The molecule has 0 aliphatic carbocycles. The van der Waals surface area contributed by atoms with Gasteiger partial charge < -0.3 is 4.74 Å². The Hall–Kier alpha value is -1.03. The summed E-state index contributed by atoms with van der Waals surface area (Å²) < 4.78 is 39.7. The van der Waals surface area contributed by atoms with Gasteiger partial charge in [-0.2, -0.15) is 13.2 Å². The van der Waals surface area contributed by atoms with Crippen LogP contribution in [0.5, 0.6) is 0 Å². The Bertz CT molecular complexity index is 304. The van der Waals surface area contributed by atoms with Crippen molar-refractivity contribution in [3.05, 3.63) is 36.5 Å². The zero-order valence-electron chi connectivity index (χ0n) is 12.9. The molecule has 0 rings (SSSR count). The summed E-state index contributed by atoms with van der Waals surface area (Å²) in [5.74, 6) is 0. The summed E-state index contributed by atoms with van der Waals surface area (Å²) in [5.41, 5.74) is 0. The van der Waals surface area contributed by atoms with Gasteiger partial charge in [-0.15, -0.1) is 0 Å². The molecule has 0 N–H and O–H groups in total. The fourth-order valence-corrected chi connectivity index (χ4v) is 1.61. The van der Waals surface area contributed by atoms with Crippen LogP contribution < -0.4 is 0 Å². The van der Waals surface area contributed by atoms with Crippen molar-refractivity contribution in [1.29, 1.82) is 0 Å². The normalized spacial score (nSPS) is 13.1. The topological polar surface area (TPSA) is 9.23 Å². The van der Waals surface area contributed by atoms with Gasteiger partial charge in [0, 0.05) is 0 Å². The van der Waals surface area contributed by atoms with Crippen molar-refractivity contribution in [3.63, 3.8) is 0 Å². The number of ether oxygens (including phenoxy) is 1. The van der Waals surface area contributed by atoms with E-state index in [4.69, 9.17) is 0 Å². The third kappa shape index (κ3) is 19.0. The van der Waals surface area contributed by atoms with E-state index in [-0.39, 0.29) is 6.61 Å². The van der Waals surface area contributed by atoms with Gasteiger partial charge in [-0.05, 0) is 32.1 Å². The SMILES string of the molecule is CCCCC=CCCC=CCCC=CCOCC(F)(F)F. The lowest BCUT2D eigenvalue weighted by molar-refractivity contribution is -0.171. The molecule has 0 saturated carbocycles. The third-order valence-electron chi connectivity index (χ3n) is 2.70. The van der Waals surface area contributed by atoms with Gasteiger partial charge in [0.1, 0.15) is 6.61 Å². The highest BCUT2D eigenvalue weighted by Gasteiger charge is 2.26. The lowest BCUT2D eigenvalue weighted by atomic mass is 10.2. The second-order valence-corrected chi connectivity index (χ2v) is 4.84. The van der Waals surface area contributed by atoms with E-state index in [1.165, 1.54) is 19.3 Å². The van der Waals surface area contributed by atoms with Gasteiger partial charge in [-0.25, -0.2) is 0 Å². The van der Waals surface area contributed by atoms with Crippen LogP contribution in [0.2, 0.25) is 0 Å². The van der Waals surface area contributed by atoms with E-state index in [1.807, 2.05) is 6.08 Å². The molecule has 0 amide bonds. The second-order valence-electron chi connectivity index (χ2n) is 4.84. The predicted molar refractivity (Wildman–Crippen MR) is 82.3 cm³/mol. The Kier molecular flexibility index (Phi) is 13.2. The van der Waals surface area contributed by atoms with Crippen LogP contribution >= 0.6 is 0 Å². The van der Waals surface area contributed by atoms with Crippen LogP contribution in [0.1, 0.15) is 51.9 Å². The molecule has 0 spiro atoms. The van der Waals surface area contributed by atoms with Gasteiger partial charge in [0.25, 0.3) is 0 Å². The molecule has 0 bridgehead atoms. The van der Waals surface area contributed by atoms with Gasteiger partial charge >= 0.3 is 6.18 Å². The summed E-state index contributed by atoms with van der Waals surface area (Å²) in [6, 6.07) is 0. The van der Waals surface area contributed by atoms with Crippen LogP contribution in [0.25, 0.3) is 0 Å². The molecule has 1 nitrogen and oxygen atoms in total. The Balaban J connectivity index is 3.34. The van der Waals surface area contributed by atoms with Crippen LogP contribution in [0.3, 0.4) is 0 Å². The molecule has 0 fully saturated rings. The first-order chi connectivity index (χ1) is 10.1. The number of allylic oxidation sites excluding steroid dienone is 5. The van der Waals surface area contributed by atoms with Crippen molar-refractivity contribution in [2.24, 2.45) is 0 Å². The smallest absolute Gasteiger partial charge is 0.368 e. The standard InChI is InChI=1S/C17H27F3O/c1-2-3-4-5-6-7-8-9-10-11-12-13-14-15-21-16-17(18,19)20/h5-6,9-10,13-14H,2-4,7-8,11-12,15-16H2,1H3. The van der Waals surface area contributed by atoms with Crippen molar-refractivity contribution >= 4 is 0 Å². The monoisotopic (exact) mass is 304 g/mol. The van der Waals surface area contributed by atoms with Crippen LogP contribution in [0.15, 0.2) is 36.5 Å². The summed E-state index contributed by atoms with van der Waals surface area (Å²) in [4.78, 5) is 0. The molecular weight excluding hydrogens is 277 g/mol. The van der Waals surface area contributed by atoms with E-state index in [1.54, 1.807) is 6.08 Å². The summed E-state index contributed by atoms with van der Waals surface area (Å²) in [6.07, 6.45) is 15.5. The fraction of sp³-hybridized carbons (Fsp3) is 0.647. The van der Waals surface area contributed by atoms with E-state index >= 15 is 0 Å². The molecule has 4 heteroatoms. The molecule has 0 unspecified atom stereocenters. The summed E-state index contributed by atoms with van der Waals surface area (Å²) in [7, 11) is 0. The van der Waals surface area contributed by atoms with Gasteiger partial charge in [0.2, 0.25) is 0 Å². The highest BCUT2D eigenvalue weighted by atomic mass is 19.4. The Morgan fingerprint density at radius 3 is 1.71 bits per heavy atom. The van der Waals surface area contributed by atoms with E-state index in [2.05, 4.69) is 36.0 Å². The minimum atomic E-state index is -4.23. The van der Waals surface area contributed by atoms with Crippen molar-refractivity contribution in [2.75, 3.05) is 13.2 Å². The van der Waals surface area contributed by atoms with Crippen molar-refractivity contribution < 1.29 is 17.9 Å². The van der Waals surface area contributed by atoms with Gasteiger partial charge in [-0.1, -0.05) is 56.2 Å². The van der Waals surface area contributed by atoms with E-state index in [0.29, 0.717) is 0 Å². The molecule has 0 heterocycles. The van der Waals surface area contributed by atoms with Gasteiger partial charge in [0.15, 0.2) is 0 Å². The molecule has 0 aliphatic rings. The maximum Gasteiger partial charge on any atom is 0.411 e. The lowest BCUT2D eigenvalue weighted by Crippen LogP contribution is -2.16. The maximum absolute atomic E-state index is 11.8. The average molecular weight is 304 g/mol. The third-order valence-corrected chi connectivity index (χ3v) is 2.70. The van der Waals surface area contributed by atoms with Crippen LogP contribution in [0.4, 0.5) is 13.2 Å². The van der Waals surface area contributed by atoms with Crippen molar-refractivity contribution in [1.82, 2.24) is 0 Å². The number of halogens is 3. The minimum Gasteiger partial charge on any atom is -0.368 e. The summed E-state index contributed by atoms with van der Waals surface area (Å²) in [6.45, 7) is 1.03. The molecule has 0 radical (unpaired) electrons. The number of rotatable bonds is 12. The van der Waals surface area contributed by atoms with Crippen molar-refractivity contribution in [2.45, 2.75) is 58.0 Å². The van der Waals surface area contributed by atoms with Crippen LogP contribution in [-0.2, 0) is 4.74 Å². The van der Waals surface area contributed by atoms with Crippen molar-refractivity contribution in [3.8, 4) is 0 Å². The van der Waals surface area contributed by atoms with Gasteiger partial charge in [0.05, 0.1) is 6.61 Å². The number of unbranched alkanes of at least 4 members (excludes halogenated alkanes) is 4. The zero-order chi connectivity index (χ0) is 15.8. The van der Waals surface area contributed by atoms with E-state index < -0.39 is 12.8 Å².